The fourth-order valence-corrected chi connectivity index (χ4v) is 6.42. The van der Waals surface area contributed by atoms with Crippen molar-refractivity contribution in [3.8, 4) is 5.75 Å². The van der Waals surface area contributed by atoms with Crippen LogP contribution in [0.5, 0.6) is 5.75 Å². The predicted octanol–water partition coefficient (Wildman–Crippen LogP) is 4.51. The summed E-state index contributed by atoms with van der Waals surface area (Å²) < 4.78 is 40.3. The Morgan fingerprint density at radius 1 is 1.00 bits per heavy atom. The zero-order valence-corrected chi connectivity index (χ0v) is 24.4. The lowest BCUT2D eigenvalue weighted by Crippen LogP contribution is -2.50. The van der Waals surface area contributed by atoms with Gasteiger partial charge < -0.3 is 25.0 Å². The molecule has 3 aromatic carbocycles. The molecule has 8 nitrogen and oxygen atoms in total. The molecule has 1 atom stereocenters. The van der Waals surface area contributed by atoms with Gasteiger partial charge in [0.2, 0.25) is 0 Å². The van der Waals surface area contributed by atoms with Crippen molar-refractivity contribution < 1.29 is 32.6 Å². The number of esters is 1. The van der Waals surface area contributed by atoms with Crippen molar-refractivity contribution in [2.45, 2.75) is 38.7 Å². The first kappa shape index (κ1) is 29.7. The van der Waals surface area contributed by atoms with Crippen LogP contribution in [0.1, 0.15) is 22.7 Å². The molecule has 3 aromatic rings. The maximum Gasteiger partial charge on any atom is 0.325 e. The molecular formula is C30H33F2N3O5Si. The lowest BCUT2D eigenvalue weighted by molar-refractivity contribution is -0.143. The van der Waals surface area contributed by atoms with E-state index in [0.717, 1.165) is 23.3 Å². The molecule has 4 rings (SSSR count). The number of ether oxygens (including phenoxy) is 2. The van der Waals surface area contributed by atoms with Crippen LogP contribution in [0, 0.1) is 11.6 Å². The van der Waals surface area contributed by atoms with Crippen molar-refractivity contribution in [3.63, 3.8) is 0 Å². The van der Waals surface area contributed by atoms with E-state index in [1.54, 1.807) is 18.2 Å². The Balaban J connectivity index is 1.53. The van der Waals surface area contributed by atoms with Crippen LogP contribution in [0.4, 0.5) is 19.3 Å². The van der Waals surface area contributed by atoms with Gasteiger partial charge in [0, 0.05) is 17.4 Å². The number of carbonyl (C=O) groups excluding carboxylic acids is 3. The van der Waals surface area contributed by atoms with E-state index in [0.29, 0.717) is 17.7 Å². The first-order valence-corrected chi connectivity index (χ1v) is 16.7. The minimum Gasteiger partial charge on any atom is -0.497 e. The van der Waals surface area contributed by atoms with E-state index in [1.165, 1.54) is 12.0 Å². The highest BCUT2D eigenvalue weighted by Crippen LogP contribution is 2.33. The highest BCUT2D eigenvalue weighted by molar-refractivity contribution is 6.88. The molecule has 0 bridgehead atoms. The minimum absolute atomic E-state index is 0.0470. The number of fused-ring (bicyclic) bond motifs is 1. The number of benzene rings is 3. The molecule has 0 unspecified atom stereocenters. The van der Waals surface area contributed by atoms with Gasteiger partial charge in [-0.3, -0.25) is 9.59 Å². The van der Waals surface area contributed by atoms with Gasteiger partial charge in [0.25, 0.3) is 5.91 Å². The molecule has 0 aliphatic carbocycles. The van der Waals surface area contributed by atoms with Crippen LogP contribution < -0.4 is 20.6 Å². The van der Waals surface area contributed by atoms with Crippen LogP contribution in [-0.4, -0.2) is 51.1 Å². The second-order valence-corrected chi connectivity index (χ2v) is 15.8. The number of rotatable bonds is 8. The normalized spacial score (nSPS) is 14.6. The van der Waals surface area contributed by atoms with E-state index in [2.05, 4.69) is 10.6 Å². The second kappa shape index (κ2) is 12.5. The first-order valence-electron chi connectivity index (χ1n) is 13.2. The maximum absolute atomic E-state index is 14.9. The molecule has 0 aromatic heterocycles. The number of nitrogens with zero attached hydrogens (tertiary/aromatic N) is 1. The number of halogens is 2. The zero-order chi connectivity index (χ0) is 29.7. The molecule has 0 saturated carbocycles. The van der Waals surface area contributed by atoms with Crippen LogP contribution >= 0.6 is 0 Å². The summed E-state index contributed by atoms with van der Waals surface area (Å²) in [7, 11) is -0.791. The van der Waals surface area contributed by atoms with Gasteiger partial charge in [-0.15, -0.1) is 0 Å². The quantitative estimate of drug-likeness (QED) is 0.302. The largest absolute Gasteiger partial charge is 0.497 e. The van der Waals surface area contributed by atoms with Gasteiger partial charge >= 0.3 is 12.0 Å². The lowest BCUT2D eigenvalue weighted by atomic mass is 9.91. The Hall–Kier alpha value is -4.25. The molecule has 11 heteroatoms. The highest BCUT2D eigenvalue weighted by Gasteiger charge is 2.37. The van der Waals surface area contributed by atoms with Crippen molar-refractivity contribution in [1.82, 2.24) is 10.2 Å². The summed E-state index contributed by atoms with van der Waals surface area (Å²) in [5.41, 5.74) is 2.08. The first-order chi connectivity index (χ1) is 19.5. The fraction of sp³-hybridized carbons (Fsp3) is 0.300. The van der Waals surface area contributed by atoms with Gasteiger partial charge in [0.1, 0.15) is 36.6 Å². The number of carbonyl (C=O) groups is 3. The third-order valence-electron chi connectivity index (χ3n) is 6.77. The van der Waals surface area contributed by atoms with Gasteiger partial charge in [0.15, 0.2) is 0 Å². The van der Waals surface area contributed by atoms with Gasteiger partial charge in [0.05, 0.1) is 15.2 Å². The Labute approximate surface area is 238 Å². The summed E-state index contributed by atoms with van der Waals surface area (Å²) in [6.07, 6.45) is 0.427. The van der Waals surface area contributed by atoms with Crippen molar-refractivity contribution in [2.24, 2.45) is 0 Å². The summed E-state index contributed by atoms with van der Waals surface area (Å²) in [4.78, 5) is 40.4. The summed E-state index contributed by atoms with van der Waals surface area (Å²) >= 11 is 0. The molecule has 1 aliphatic rings. The molecule has 0 fully saturated rings. The fourth-order valence-electron chi connectivity index (χ4n) is 4.84. The minimum atomic E-state index is -2.32. The van der Waals surface area contributed by atoms with E-state index in [-0.39, 0.29) is 24.0 Å². The van der Waals surface area contributed by atoms with E-state index < -0.39 is 50.2 Å². The number of urea groups is 1. The lowest BCUT2D eigenvalue weighted by Gasteiger charge is -2.36. The topological polar surface area (TPSA) is 97.0 Å². The molecule has 0 saturated heterocycles. The monoisotopic (exact) mass is 581 g/mol. The van der Waals surface area contributed by atoms with Crippen LogP contribution in [0.2, 0.25) is 19.6 Å². The number of amides is 3. The van der Waals surface area contributed by atoms with Crippen LogP contribution in [0.15, 0.2) is 60.7 Å². The van der Waals surface area contributed by atoms with E-state index in [1.807, 2.05) is 50.0 Å². The molecule has 41 heavy (non-hydrogen) atoms. The number of nitrogens with one attached hydrogen (secondary N) is 2. The molecule has 1 aliphatic heterocycles. The predicted molar refractivity (Wildman–Crippen MR) is 154 cm³/mol. The number of hydrogen-bond donors (Lipinski definition) is 2. The number of hydrogen-bond acceptors (Lipinski definition) is 5. The Kier molecular flexibility index (Phi) is 9.07. The van der Waals surface area contributed by atoms with Gasteiger partial charge in [-0.2, -0.15) is 0 Å². The smallest absolute Gasteiger partial charge is 0.325 e. The van der Waals surface area contributed by atoms with Crippen molar-refractivity contribution in [1.29, 1.82) is 0 Å². The SMILES string of the molecule is COc1ccc2c(c1)CCN(C(=O)NCC(=O)OCc1ccccc1)[C@H]2C(=O)Nc1cc(F)c([Si](C)(C)C)c(F)c1. The number of methoxy groups -OCH3 is 1. The van der Waals surface area contributed by atoms with Gasteiger partial charge in [-0.05, 0) is 47.4 Å². The van der Waals surface area contributed by atoms with Crippen LogP contribution in [0.3, 0.4) is 0 Å². The highest BCUT2D eigenvalue weighted by atomic mass is 28.3. The third kappa shape index (κ3) is 7.10. The summed E-state index contributed by atoms with van der Waals surface area (Å²) in [6.45, 7) is 5.29. The van der Waals surface area contributed by atoms with Crippen molar-refractivity contribution in [3.05, 3.63) is 89.0 Å². The maximum atomic E-state index is 14.9. The summed E-state index contributed by atoms with van der Waals surface area (Å²) in [6, 6.07) is 14.7. The Bertz CT molecular complexity index is 1420. The zero-order valence-electron chi connectivity index (χ0n) is 23.4. The molecule has 3 amide bonds. The van der Waals surface area contributed by atoms with Crippen LogP contribution in [-0.2, 0) is 27.4 Å². The summed E-state index contributed by atoms with van der Waals surface area (Å²) in [5, 5.41) is 5.15. The van der Waals surface area contributed by atoms with Crippen molar-refractivity contribution in [2.75, 3.05) is 25.5 Å². The second-order valence-electron chi connectivity index (χ2n) is 10.8. The molecule has 2 N–H and O–H groups in total. The van der Waals surface area contributed by atoms with Crippen LogP contribution in [0.25, 0.3) is 0 Å². The standard InChI is InChI=1S/C30H33F2N3O5Si/c1-39-22-10-11-23-20(14-22)12-13-35(30(38)33-17-26(36)40-18-19-8-6-5-7-9-19)27(23)29(37)34-21-15-24(31)28(25(32)16-21)41(2,3)4/h5-11,14-16,27H,12-13,17-18H2,1-4H3,(H,33,38)(H,34,37)/t27-/m1/s1. The average Bonchev–Trinajstić information content (AvgIpc) is 2.93. The molecule has 0 spiro atoms. The number of anilines is 1. The van der Waals surface area contributed by atoms with Gasteiger partial charge in [-0.1, -0.05) is 56.0 Å². The van der Waals surface area contributed by atoms with E-state index in [9.17, 15) is 23.2 Å². The molecular weight excluding hydrogens is 548 g/mol. The van der Waals surface area contributed by atoms with E-state index >= 15 is 0 Å². The Morgan fingerprint density at radius 2 is 1.68 bits per heavy atom. The molecule has 216 valence electrons. The summed E-state index contributed by atoms with van der Waals surface area (Å²) in [5.74, 6) is -2.15. The van der Waals surface area contributed by atoms with E-state index in [4.69, 9.17) is 9.47 Å². The molecule has 1 heterocycles. The van der Waals surface area contributed by atoms with Crippen molar-refractivity contribution >= 4 is 36.9 Å². The van der Waals surface area contributed by atoms with Gasteiger partial charge in [-0.25, -0.2) is 13.6 Å². The average molecular weight is 582 g/mol. The Morgan fingerprint density at radius 3 is 2.32 bits per heavy atom. The third-order valence-corrected chi connectivity index (χ3v) is 8.75. The molecule has 0 radical (unpaired) electrons.